The summed E-state index contributed by atoms with van der Waals surface area (Å²) >= 11 is 0. The zero-order chi connectivity index (χ0) is 21.8. The summed E-state index contributed by atoms with van der Waals surface area (Å²) in [6, 6.07) is 16.2. The first-order valence-corrected chi connectivity index (χ1v) is 11.0. The summed E-state index contributed by atoms with van der Waals surface area (Å²) in [4.78, 5) is 33.1. The molecule has 31 heavy (non-hydrogen) atoms. The highest BCUT2D eigenvalue weighted by molar-refractivity contribution is 6.45. The molecular weight excluding hydrogens is 388 g/mol. The number of carbonyl (C=O) groups excluding carboxylic acids is 2. The molecule has 0 spiro atoms. The van der Waals surface area contributed by atoms with Crippen LogP contribution in [0, 0.1) is 13.8 Å². The van der Waals surface area contributed by atoms with Gasteiger partial charge in [-0.25, -0.2) is 0 Å². The topological polar surface area (TPSA) is 68.4 Å². The molecule has 1 saturated heterocycles. The van der Waals surface area contributed by atoms with Gasteiger partial charge in [0.2, 0.25) is 0 Å². The quantitative estimate of drug-likeness (QED) is 0.351. The molecule has 6 heteroatoms. The summed E-state index contributed by atoms with van der Waals surface area (Å²) in [7, 11) is 0. The molecule has 0 unspecified atom stereocenters. The van der Waals surface area contributed by atoms with Gasteiger partial charge in [-0.15, -0.1) is 0 Å². The first-order chi connectivity index (χ1) is 15.0. The average Bonchev–Trinajstić information content (AvgIpc) is 3.12. The Morgan fingerprint density at radius 3 is 2.55 bits per heavy atom. The number of nitrogens with one attached hydrogen (secondary N) is 2. The lowest BCUT2D eigenvalue weighted by molar-refractivity contribution is -0.117. The molecule has 4 rings (SSSR count). The molecule has 1 aromatic heterocycles. The number of carbonyl (C=O) groups is 2. The fraction of sp³-hybridized carbons (Fsp3) is 0.360. The van der Waals surface area contributed by atoms with Gasteiger partial charge in [0.1, 0.15) is 0 Å². The van der Waals surface area contributed by atoms with E-state index < -0.39 is 11.7 Å². The molecule has 1 amide bonds. The fourth-order valence-corrected chi connectivity index (χ4v) is 4.32. The van der Waals surface area contributed by atoms with Crippen LogP contribution in [0.1, 0.15) is 28.0 Å². The third-order valence-electron chi connectivity index (χ3n) is 6.00. The number of hydrogen-bond acceptors (Lipinski definition) is 4. The van der Waals surface area contributed by atoms with Crippen molar-refractivity contribution in [1.29, 1.82) is 0 Å². The van der Waals surface area contributed by atoms with Crippen LogP contribution in [0.25, 0.3) is 10.9 Å². The van der Waals surface area contributed by atoms with Gasteiger partial charge in [0.05, 0.1) is 5.56 Å². The van der Waals surface area contributed by atoms with E-state index in [1.54, 1.807) is 0 Å². The van der Waals surface area contributed by atoms with Crippen LogP contribution >= 0.6 is 0 Å². The number of fused-ring (bicyclic) bond motifs is 1. The highest BCUT2D eigenvalue weighted by Crippen LogP contribution is 2.22. The number of aromatic amines is 1. The van der Waals surface area contributed by atoms with E-state index in [0.29, 0.717) is 12.1 Å². The van der Waals surface area contributed by atoms with Crippen molar-refractivity contribution in [2.45, 2.75) is 20.3 Å². The summed E-state index contributed by atoms with van der Waals surface area (Å²) in [5, 5.41) is 3.60. The van der Waals surface area contributed by atoms with Crippen molar-refractivity contribution in [3.8, 4) is 0 Å². The van der Waals surface area contributed by atoms with Crippen LogP contribution < -0.4 is 10.2 Å². The lowest BCUT2D eigenvalue weighted by Gasteiger charge is -2.36. The number of rotatable bonds is 7. The number of benzene rings is 2. The van der Waals surface area contributed by atoms with Crippen molar-refractivity contribution in [3.63, 3.8) is 0 Å². The van der Waals surface area contributed by atoms with Crippen molar-refractivity contribution in [2.75, 3.05) is 44.2 Å². The number of nitrogens with zero attached hydrogens (tertiary/aromatic N) is 2. The standard InChI is InChI=1S/C25H30N4O2/c1-18-7-5-8-20(17-18)29-15-13-28(14-16-29)12-6-11-26-25(31)24(30)23-19(2)27-22-10-4-3-9-21(22)23/h3-5,7-10,17,27H,6,11-16H2,1-2H3,(H,26,31). The highest BCUT2D eigenvalue weighted by Gasteiger charge is 2.22. The Kier molecular flexibility index (Phi) is 6.37. The minimum atomic E-state index is -0.530. The number of aryl methyl sites for hydroxylation is 2. The van der Waals surface area contributed by atoms with Crippen LogP contribution in [0.15, 0.2) is 48.5 Å². The summed E-state index contributed by atoms with van der Waals surface area (Å²) in [6.45, 7) is 9.41. The number of hydrogen-bond donors (Lipinski definition) is 2. The molecule has 0 bridgehead atoms. The average molecular weight is 419 g/mol. The molecule has 1 aliphatic rings. The third-order valence-corrected chi connectivity index (χ3v) is 6.00. The second kappa shape index (κ2) is 9.35. The van der Waals surface area contributed by atoms with Gasteiger partial charge >= 0.3 is 0 Å². The molecule has 0 aliphatic carbocycles. The molecule has 3 aromatic rings. The maximum Gasteiger partial charge on any atom is 0.292 e. The number of amides is 1. The van der Waals surface area contributed by atoms with Crippen molar-refractivity contribution in [1.82, 2.24) is 15.2 Å². The zero-order valence-electron chi connectivity index (χ0n) is 18.3. The minimum Gasteiger partial charge on any atom is -0.369 e. The molecule has 0 radical (unpaired) electrons. The summed E-state index contributed by atoms with van der Waals surface area (Å²) in [5.41, 5.74) is 4.65. The maximum atomic E-state index is 12.7. The first-order valence-electron chi connectivity index (χ1n) is 11.0. The zero-order valence-corrected chi connectivity index (χ0v) is 18.3. The van der Waals surface area contributed by atoms with Gasteiger partial charge in [0.25, 0.3) is 11.7 Å². The van der Waals surface area contributed by atoms with Crippen LogP contribution in [0.5, 0.6) is 0 Å². The molecule has 0 saturated carbocycles. The minimum absolute atomic E-state index is 0.471. The molecule has 1 aliphatic heterocycles. The monoisotopic (exact) mass is 418 g/mol. The number of anilines is 1. The Morgan fingerprint density at radius 1 is 1.00 bits per heavy atom. The predicted octanol–water partition coefficient (Wildman–Crippen LogP) is 3.30. The van der Waals surface area contributed by atoms with Crippen LogP contribution in [-0.2, 0) is 4.79 Å². The Balaban J connectivity index is 1.22. The second-order valence-electron chi connectivity index (χ2n) is 8.28. The number of ketones is 1. The molecule has 2 heterocycles. The van der Waals surface area contributed by atoms with Crippen LogP contribution in [0.2, 0.25) is 0 Å². The molecule has 162 valence electrons. The van der Waals surface area contributed by atoms with E-state index in [9.17, 15) is 9.59 Å². The van der Waals surface area contributed by atoms with Gasteiger partial charge < -0.3 is 15.2 Å². The van der Waals surface area contributed by atoms with Crippen molar-refractivity contribution >= 4 is 28.3 Å². The third kappa shape index (κ3) is 4.80. The Labute approximate surface area is 183 Å². The molecule has 2 aromatic carbocycles. The molecule has 2 N–H and O–H groups in total. The fourth-order valence-electron chi connectivity index (χ4n) is 4.32. The number of piperazine rings is 1. The van der Waals surface area contributed by atoms with E-state index in [4.69, 9.17) is 0 Å². The molecular formula is C25H30N4O2. The smallest absolute Gasteiger partial charge is 0.292 e. The lowest BCUT2D eigenvalue weighted by atomic mass is 10.1. The van der Waals surface area contributed by atoms with Crippen LogP contribution in [0.3, 0.4) is 0 Å². The number of Topliss-reactive ketones (excluding diaryl/α,β-unsaturated/α-hetero) is 1. The normalized spacial score (nSPS) is 14.7. The van der Waals surface area contributed by atoms with Gasteiger partial charge in [0.15, 0.2) is 0 Å². The van der Waals surface area contributed by atoms with E-state index in [1.165, 1.54) is 11.3 Å². The largest absolute Gasteiger partial charge is 0.369 e. The second-order valence-corrected chi connectivity index (χ2v) is 8.28. The van der Waals surface area contributed by atoms with E-state index in [1.807, 2.05) is 31.2 Å². The Hall–Kier alpha value is -3.12. The van der Waals surface area contributed by atoms with Gasteiger partial charge in [0, 0.05) is 55.0 Å². The Morgan fingerprint density at radius 2 is 1.77 bits per heavy atom. The van der Waals surface area contributed by atoms with Crippen LogP contribution in [0.4, 0.5) is 5.69 Å². The van der Waals surface area contributed by atoms with E-state index in [-0.39, 0.29) is 0 Å². The van der Waals surface area contributed by atoms with Gasteiger partial charge in [-0.1, -0.05) is 30.3 Å². The molecule has 6 nitrogen and oxygen atoms in total. The van der Waals surface area contributed by atoms with Gasteiger partial charge in [-0.2, -0.15) is 0 Å². The van der Waals surface area contributed by atoms with Crippen LogP contribution in [-0.4, -0.2) is 60.8 Å². The first kappa shape index (κ1) is 21.1. The Bertz CT molecular complexity index is 1080. The van der Waals surface area contributed by atoms with Crippen molar-refractivity contribution in [2.24, 2.45) is 0 Å². The SMILES string of the molecule is Cc1cccc(N2CCN(CCCNC(=O)C(=O)c3c(C)[nH]c4ccccc34)CC2)c1. The van der Waals surface area contributed by atoms with Gasteiger partial charge in [-0.3, -0.25) is 14.5 Å². The van der Waals surface area contributed by atoms with Crippen molar-refractivity contribution in [3.05, 3.63) is 65.4 Å². The molecule has 1 fully saturated rings. The molecule has 0 atom stereocenters. The lowest BCUT2D eigenvalue weighted by Crippen LogP contribution is -2.47. The summed E-state index contributed by atoms with van der Waals surface area (Å²) in [5.74, 6) is -1.00. The van der Waals surface area contributed by atoms with Crippen molar-refractivity contribution < 1.29 is 9.59 Å². The van der Waals surface area contributed by atoms with E-state index in [2.05, 4.69) is 51.3 Å². The highest BCUT2D eigenvalue weighted by atomic mass is 16.2. The maximum absolute atomic E-state index is 12.7. The van der Waals surface area contributed by atoms with E-state index >= 15 is 0 Å². The number of aromatic nitrogens is 1. The number of H-pyrrole nitrogens is 1. The van der Waals surface area contributed by atoms with E-state index in [0.717, 1.165) is 55.7 Å². The number of para-hydroxylation sites is 1. The summed E-state index contributed by atoms with van der Waals surface area (Å²) in [6.07, 6.45) is 0.830. The van der Waals surface area contributed by atoms with Gasteiger partial charge in [-0.05, 0) is 50.6 Å². The summed E-state index contributed by atoms with van der Waals surface area (Å²) < 4.78 is 0. The predicted molar refractivity (Wildman–Crippen MR) is 125 cm³/mol.